The predicted molar refractivity (Wildman–Crippen MR) is 273 cm³/mol. The molecule has 11 aromatic rings. The van der Waals surface area contributed by atoms with Crippen LogP contribution in [0.1, 0.15) is 25.0 Å². The molecule has 2 nitrogen and oxygen atoms in total. The zero-order valence-electron chi connectivity index (χ0n) is 36.4. The first-order chi connectivity index (χ1) is 31.9. The Morgan fingerprint density at radius 1 is 0.292 bits per heavy atom. The molecule has 1 aliphatic carbocycles. The highest BCUT2D eigenvalue weighted by Gasteiger charge is 2.36. The lowest BCUT2D eigenvalue weighted by atomic mass is 9.81. The van der Waals surface area contributed by atoms with Crippen molar-refractivity contribution in [2.75, 3.05) is 4.90 Å². The highest BCUT2D eigenvalue weighted by molar-refractivity contribution is 6.06. The van der Waals surface area contributed by atoms with Gasteiger partial charge in [-0.1, -0.05) is 190 Å². The molecule has 0 fully saturated rings. The second-order valence-electron chi connectivity index (χ2n) is 17.7. The number of hydrogen-bond donors (Lipinski definition) is 0. The van der Waals surface area contributed by atoms with Crippen LogP contribution in [0.5, 0.6) is 0 Å². The third-order valence-corrected chi connectivity index (χ3v) is 13.5. The first kappa shape index (κ1) is 38.5. The molecule has 308 valence electrons. The zero-order chi connectivity index (χ0) is 43.5. The monoisotopic (exact) mass is 831 g/mol. The summed E-state index contributed by atoms with van der Waals surface area (Å²) in [6, 6.07) is 85.9. The summed E-state index contributed by atoms with van der Waals surface area (Å²) in [5.41, 5.74) is 22.3. The highest BCUT2D eigenvalue weighted by atomic mass is 16.3. The Hall–Kier alpha value is -8.20. The number of para-hydroxylation sites is 1. The van der Waals surface area contributed by atoms with Gasteiger partial charge in [0.1, 0.15) is 11.2 Å². The molecule has 65 heavy (non-hydrogen) atoms. The van der Waals surface area contributed by atoms with Crippen molar-refractivity contribution in [3.05, 3.63) is 248 Å². The maximum Gasteiger partial charge on any atom is 0.135 e. The van der Waals surface area contributed by atoms with E-state index in [1.165, 1.54) is 72.3 Å². The van der Waals surface area contributed by atoms with Gasteiger partial charge in [0.2, 0.25) is 0 Å². The summed E-state index contributed by atoms with van der Waals surface area (Å²) in [6.45, 7) is 4.75. The summed E-state index contributed by atoms with van der Waals surface area (Å²) in [6.07, 6.45) is 0. The van der Waals surface area contributed by atoms with Gasteiger partial charge in [-0.3, -0.25) is 0 Å². The molecule has 0 N–H and O–H groups in total. The van der Waals surface area contributed by atoms with Crippen LogP contribution in [0.15, 0.2) is 241 Å². The van der Waals surface area contributed by atoms with Crippen LogP contribution in [0.4, 0.5) is 17.1 Å². The molecule has 0 spiro atoms. The van der Waals surface area contributed by atoms with Crippen LogP contribution in [-0.2, 0) is 5.41 Å². The average Bonchev–Trinajstić information content (AvgIpc) is 3.85. The number of fused-ring (bicyclic) bond motifs is 6. The van der Waals surface area contributed by atoms with E-state index in [1.807, 2.05) is 12.1 Å². The van der Waals surface area contributed by atoms with E-state index in [-0.39, 0.29) is 5.41 Å². The maximum atomic E-state index is 6.12. The van der Waals surface area contributed by atoms with Crippen LogP contribution in [0.25, 0.3) is 88.7 Å². The lowest BCUT2D eigenvalue weighted by molar-refractivity contribution is 0.660. The van der Waals surface area contributed by atoms with Gasteiger partial charge in [-0.25, -0.2) is 0 Å². The summed E-state index contributed by atoms with van der Waals surface area (Å²) >= 11 is 0. The van der Waals surface area contributed by atoms with Gasteiger partial charge in [0, 0.05) is 33.2 Å². The van der Waals surface area contributed by atoms with Gasteiger partial charge >= 0.3 is 0 Å². The number of furan rings is 1. The van der Waals surface area contributed by atoms with Gasteiger partial charge in [-0.05, 0) is 139 Å². The normalized spacial score (nSPS) is 12.6. The lowest BCUT2D eigenvalue weighted by Crippen LogP contribution is -2.16. The number of anilines is 3. The summed E-state index contributed by atoms with van der Waals surface area (Å²) < 4.78 is 6.12. The third-order valence-electron chi connectivity index (χ3n) is 13.5. The molecular weight excluding hydrogens is 787 g/mol. The highest BCUT2D eigenvalue weighted by Crippen LogP contribution is 2.52. The molecule has 0 saturated heterocycles. The number of rotatable bonds is 8. The second kappa shape index (κ2) is 15.6. The molecule has 10 aromatic carbocycles. The molecule has 0 aliphatic heterocycles. The predicted octanol–water partition coefficient (Wildman–Crippen LogP) is 17.7. The Morgan fingerprint density at radius 2 is 0.708 bits per heavy atom. The Balaban J connectivity index is 0.913. The van der Waals surface area contributed by atoms with Gasteiger partial charge in [0.05, 0.1) is 0 Å². The standard InChI is InChI=1S/C63H45NO/c1-63(2)59-40-51(43-14-7-4-8-15-43)30-35-55(59)56-36-34-54(41-60(56)63)64(52-32-28-46(29-33-52)45-22-20-44(21-23-45)42-12-5-3-6-13-42)53-17-11-16-49(38-53)47-24-26-48(27-25-47)50-31-37-62-58(39-50)57-18-9-10-19-61(57)65-62/h3-41H,1-2H3. The van der Waals surface area contributed by atoms with Crippen LogP contribution < -0.4 is 4.90 Å². The fourth-order valence-electron chi connectivity index (χ4n) is 10.00. The van der Waals surface area contributed by atoms with Crippen molar-refractivity contribution in [1.29, 1.82) is 0 Å². The van der Waals surface area contributed by atoms with E-state index in [0.717, 1.165) is 44.6 Å². The van der Waals surface area contributed by atoms with Gasteiger partial charge in [-0.15, -0.1) is 0 Å². The average molecular weight is 832 g/mol. The molecule has 0 bridgehead atoms. The van der Waals surface area contributed by atoms with Crippen molar-refractivity contribution >= 4 is 39.0 Å². The summed E-state index contributed by atoms with van der Waals surface area (Å²) in [7, 11) is 0. The molecule has 0 radical (unpaired) electrons. The van der Waals surface area contributed by atoms with E-state index in [9.17, 15) is 0 Å². The SMILES string of the molecule is CC1(C)c2cc(-c3ccccc3)ccc2-c2ccc(N(c3ccc(-c4ccc(-c5ccccc5)cc4)cc3)c3cccc(-c4ccc(-c5ccc6oc7ccccc7c6c5)cc4)c3)cc21. The minimum atomic E-state index is -0.189. The van der Waals surface area contributed by atoms with Gasteiger partial charge in [0.15, 0.2) is 0 Å². The van der Waals surface area contributed by atoms with Gasteiger partial charge in [-0.2, -0.15) is 0 Å². The first-order valence-corrected chi connectivity index (χ1v) is 22.5. The first-order valence-electron chi connectivity index (χ1n) is 22.5. The molecule has 12 rings (SSSR count). The molecule has 1 aliphatic rings. The van der Waals surface area contributed by atoms with E-state index >= 15 is 0 Å². The van der Waals surface area contributed by atoms with E-state index in [2.05, 4.69) is 243 Å². The van der Waals surface area contributed by atoms with Crippen LogP contribution in [-0.4, -0.2) is 0 Å². The van der Waals surface area contributed by atoms with Crippen molar-refractivity contribution in [3.8, 4) is 66.8 Å². The summed E-state index contributed by atoms with van der Waals surface area (Å²) in [5, 5.41) is 2.28. The molecule has 0 unspecified atom stereocenters. The fraction of sp³-hybridized carbons (Fsp3) is 0.0476. The van der Waals surface area contributed by atoms with Crippen molar-refractivity contribution in [2.24, 2.45) is 0 Å². The van der Waals surface area contributed by atoms with Crippen LogP contribution in [0, 0.1) is 0 Å². The molecule has 0 amide bonds. The molecule has 1 aromatic heterocycles. The van der Waals surface area contributed by atoms with Crippen LogP contribution in [0.2, 0.25) is 0 Å². The van der Waals surface area contributed by atoms with Crippen molar-refractivity contribution < 1.29 is 4.42 Å². The van der Waals surface area contributed by atoms with Crippen molar-refractivity contribution in [2.45, 2.75) is 19.3 Å². The molecule has 1 heterocycles. The lowest BCUT2D eigenvalue weighted by Gasteiger charge is -2.28. The minimum Gasteiger partial charge on any atom is -0.456 e. The second-order valence-corrected chi connectivity index (χ2v) is 17.7. The van der Waals surface area contributed by atoms with E-state index in [4.69, 9.17) is 4.42 Å². The Labute approximate surface area is 380 Å². The molecule has 0 saturated carbocycles. The minimum absolute atomic E-state index is 0.189. The fourth-order valence-corrected chi connectivity index (χ4v) is 10.00. The van der Waals surface area contributed by atoms with Crippen molar-refractivity contribution in [1.82, 2.24) is 0 Å². The number of benzene rings is 10. The molecule has 2 heteroatoms. The van der Waals surface area contributed by atoms with Gasteiger partial charge < -0.3 is 9.32 Å². The Morgan fingerprint density at radius 3 is 1.37 bits per heavy atom. The third kappa shape index (κ3) is 6.83. The quantitative estimate of drug-likeness (QED) is 0.152. The van der Waals surface area contributed by atoms with E-state index in [0.29, 0.717) is 0 Å². The van der Waals surface area contributed by atoms with E-state index in [1.54, 1.807) is 0 Å². The Bertz CT molecular complexity index is 3530. The summed E-state index contributed by atoms with van der Waals surface area (Å²) in [5.74, 6) is 0. The molecular formula is C63H45NO. The number of hydrogen-bond acceptors (Lipinski definition) is 2. The van der Waals surface area contributed by atoms with E-state index < -0.39 is 0 Å². The largest absolute Gasteiger partial charge is 0.456 e. The van der Waals surface area contributed by atoms with Gasteiger partial charge in [0.25, 0.3) is 0 Å². The summed E-state index contributed by atoms with van der Waals surface area (Å²) in [4.78, 5) is 2.42. The smallest absolute Gasteiger partial charge is 0.135 e. The van der Waals surface area contributed by atoms with Crippen molar-refractivity contribution in [3.63, 3.8) is 0 Å². The molecule has 0 atom stereocenters. The van der Waals surface area contributed by atoms with Crippen LogP contribution in [0.3, 0.4) is 0 Å². The Kier molecular flexibility index (Phi) is 9.21. The maximum absolute atomic E-state index is 6.12. The topological polar surface area (TPSA) is 16.4 Å². The van der Waals surface area contributed by atoms with Crippen LogP contribution >= 0.6 is 0 Å². The number of nitrogens with zero attached hydrogens (tertiary/aromatic N) is 1. The zero-order valence-corrected chi connectivity index (χ0v) is 36.4.